The fourth-order valence-electron chi connectivity index (χ4n) is 3.04. The zero-order valence-corrected chi connectivity index (χ0v) is 16.2. The Balaban J connectivity index is 1.90. The Morgan fingerprint density at radius 2 is 1.90 bits per heavy atom. The number of halogens is 3. The van der Waals surface area contributed by atoms with Gasteiger partial charge in [-0.1, -0.05) is 11.6 Å². The lowest BCUT2D eigenvalue weighted by atomic mass is 10.1. The molecule has 0 fully saturated rings. The highest BCUT2D eigenvalue weighted by molar-refractivity contribution is 6.31. The minimum Gasteiger partial charge on any atom is -0.438 e. The molecule has 2 aromatic carbocycles. The zero-order valence-electron chi connectivity index (χ0n) is 15.4. The van der Waals surface area contributed by atoms with Gasteiger partial charge in [0, 0.05) is 24.3 Å². The maximum Gasteiger partial charge on any atom is 0.261 e. The predicted molar refractivity (Wildman–Crippen MR) is 106 cm³/mol. The van der Waals surface area contributed by atoms with Gasteiger partial charge in [0.15, 0.2) is 11.6 Å². The number of benzene rings is 2. The molecule has 0 saturated heterocycles. The second-order valence-corrected chi connectivity index (χ2v) is 6.89. The summed E-state index contributed by atoms with van der Waals surface area (Å²) in [6.07, 6.45) is 1.49. The summed E-state index contributed by atoms with van der Waals surface area (Å²) in [5.74, 6) is -1.53. The number of rotatable bonds is 3. The fourth-order valence-corrected chi connectivity index (χ4v) is 3.31. The van der Waals surface area contributed by atoms with E-state index >= 15 is 0 Å². The van der Waals surface area contributed by atoms with Crippen molar-refractivity contribution in [2.45, 2.75) is 6.92 Å². The molecule has 146 valence electrons. The van der Waals surface area contributed by atoms with Crippen LogP contribution < -0.4 is 10.3 Å². The maximum atomic E-state index is 13.5. The van der Waals surface area contributed by atoms with Crippen molar-refractivity contribution in [3.8, 4) is 23.0 Å². The van der Waals surface area contributed by atoms with Gasteiger partial charge in [-0.05, 0) is 48.9 Å². The number of nitrogens with zero attached hydrogens (tertiary/aromatic N) is 3. The molecular weight excluding hydrogens is 400 g/mol. The Morgan fingerprint density at radius 3 is 2.66 bits per heavy atom. The van der Waals surface area contributed by atoms with Crippen molar-refractivity contribution >= 4 is 22.5 Å². The Morgan fingerprint density at radius 1 is 1.10 bits per heavy atom. The van der Waals surface area contributed by atoms with Gasteiger partial charge in [0.1, 0.15) is 11.6 Å². The molecule has 5 nitrogen and oxygen atoms in total. The molecule has 2 aromatic heterocycles. The van der Waals surface area contributed by atoms with Crippen LogP contribution in [-0.4, -0.2) is 14.5 Å². The summed E-state index contributed by atoms with van der Waals surface area (Å²) in [6, 6.07) is 9.82. The monoisotopic (exact) mass is 413 g/mol. The quantitative estimate of drug-likeness (QED) is 0.473. The van der Waals surface area contributed by atoms with Crippen molar-refractivity contribution < 1.29 is 13.5 Å². The molecule has 0 amide bonds. The van der Waals surface area contributed by atoms with Crippen LogP contribution in [0.1, 0.15) is 5.56 Å². The molecule has 0 N–H and O–H groups in total. The van der Waals surface area contributed by atoms with Gasteiger partial charge >= 0.3 is 0 Å². The van der Waals surface area contributed by atoms with Crippen molar-refractivity contribution in [1.29, 1.82) is 0 Å². The van der Waals surface area contributed by atoms with Crippen LogP contribution in [0.5, 0.6) is 11.6 Å². The smallest absolute Gasteiger partial charge is 0.261 e. The van der Waals surface area contributed by atoms with Crippen LogP contribution in [0.3, 0.4) is 0 Å². The van der Waals surface area contributed by atoms with E-state index in [-0.39, 0.29) is 17.2 Å². The Labute approximate surface area is 169 Å². The highest BCUT2D eigenvalue weighted by atomic mass is 35.5. The van der Waals surface area contributed by atoms with Gasteiger partial charge in [0.05, 0.1) is 16.5 Å². The molecule has 0 spiro atoms. The average Bonchev–Trinajstić information content (AvgIpc) is 2.69. The van der Waals surface area contributed by atoms with Crippen LogP contribution in [0.2, 0.25) is 5.02 Å². The summed E-state index contributed by atoms with van der Waals surface area (Å²) in [5, 5.41) is 0.846. The molecule has 0 aliphatic rings. The normalized spacial score (nSPS) is 11.1. The lowest BCUT2D eigenvalue weighted by molar-refractivity contribution is 0.448. The Kier molecular flexibility index (Phi) is 4.76. The maximum absolute atomic E-state index is 13.5. The van der Waals surface area contributed by atoms with Crippen LogP contribution in [0.25, 0.3) is 22.3 Å². The third-order valence-corrected chi connectivity index (χ3v) is 4.67. The van der Waals surface area contributed by atoms with E-state index < -0.39 is 11.6 Å². The molecule has 0 unspecified atom stereocenters. The summed E-state index contributed by atoms with van der Waals surface area (Å²) in [5.41, 5.74) is 1.40. The first-order valence-corrected chi connectivity index (χ1v) is 8.98. The molecular formula is C21H14ClF2N3O2. The molecule has 29 heavy (non-hydrogen) atoms. The highest BCUT2D eigenvalue weighted by Crippen LogP contribution is 2.31. The van der Waals surface area contributed by atoms with Crippen molar-refractivity contribution in [1.82, 2.24) is 14.5 Å². The Bertz CT molecular complexity index is 1320. The lowest BCUT2D eigenvalue weighted by Crippen LogP contribution is -2.21. The summed E-state index contributed by atoms with van der Waals surface area (Å²) < 4.78 is 33.8. The summed E-state index contributed by atoms with van der Waals surface area (Å²) in [7, 11) is 1.58. The second kappa shape index (κ2) is 7.25. The van der Waals surface area contributed by atoms with Crippen LogP contribution >= 0.6 is 11.6 Å². The largest absolute Gasteiger partial charge is 0.438 e. The third kappa shape index (κ3) is 3.45. The van der Waals surface area contributed by atoms with Crippen LogP contribution in [0, 0.1) is 18.6 Å². The second-order valence-electron chi connectivity index (χ2n) is 6.45. The third-order valence-electron chi connectivity index (χ3n) is 4.45. The van der Waals surface area contributed by atoms with E-state index in [4.69, 9.17) is 16.3 Å². The van der Waals surface area contributed by atoms with Crippen molar-refractivity contribution in [3.63, 3.8) is 0 Å². The molecule has 4 rings (SSSR count). The van der Waals surface area contributed by atoms with E-state index in [0.29, 0.717) is 27.3 Å². The average molecular weight is 414 g/mol. The summed E-state index contributed by atoms with van der Waals surface area (Å²) in [6.45, 7) is 1.81. The summed E-state index contributed by atoms with van der Waals surface area (Å²) >= 11 is 6.08. The number of pyridine rings is 1. The van der Waals surface area contributed by atoms with E-state index in [2.05, 4.69) is 9.97 Å². The summed E-state index contributed by atoms with van der Waals surface area (Å²) in [4.78, 5) is 21.7. The van der Waals surface area contributed by atoms with E-state index in [1.165, 1.54) is 16.8 Å². The molecule has 2 heterocycles. The first-order chi connectivity index (χ1) is 13.8. The van der Waals surface area contributed by atoms with E-state index in [0.717, 1.165) is 17.7 Å². The van der Waals surface area contributed by atoms with Gasteiger partial charge in [-0.2, -0.15) is 0 Å². The first kappa shape index (κ1) is 19.0. The predicted octanol–water partition coefficient (Wildman–Crippen LogP) is 5.03. The minimum absolute atomic E-state index is 0.0672. The molecule has 0 saturated carbocycles. The number of aryl methyl sites for hydroxylation is 1. The molecule has 8 heteroatoms. The molecule has 0 aliphatic heterocycles. The fraction of sp³-hybridized carbons (Fsp3) is 0.0952. The molecule has 4 aromatic rings. The number of aromatic nitrogens is 3. The SMILES string of the molecule is Cc1cc(Cl)cc2c(=O)n(C)c(-c3cccnc3Oc3ccc(F)c(F)c3)nc12. The van der Waals surface area contributed by atoms with Crippen LogP contribution in [-0.2, 0) is 7.05 Å². The van der Waals surface area contributed by atoms with Gasteiger partial charge in [0.25, 0.3) is 5.56 Å². The van der Waals surface area contributed by atoms with Crippen LogP contribution in [0.15, 0.2) is 53.5 Å². The first-order valence-electron chi connectivity index (χ1n) is 8.60. The van der Waals surface area contributed by atoms with E-state index in [1.807, 2.05) is 6.92 Å². The lowest BCUT2D eigenvalue weighted by Gasteiger charge is -2.14. The van der Waals surface area contributed by atoms with Crippen LogP contribution in [0.4, 0.5) is 8.78 Å². The highest BCUT2D eigenvalue weighted by Gasteiger charge is 2.17. The number of hydrogen-bond acceptors (Lipinski definition) is 4. The molecule has 0 bridgehead atoms. The van der Waals surface area contributed by atoms with Gasteiger partial charge in [-0.25, -0.2) is 18.7 Å². The molecule has 0 atom stereocenters. The van der Waals surface area contributed by atoms with Gasteiger partial charge in [0.2, 0.25) is 5.88 Å². The Hall–Kier alpha value is -3.32. The van der Waals surface area contributed by atoms with Crippen molar-refractivity contribution in [2.75, 3.05) is 0 Å². The van der Waals surface area contributed by atoms with Gasteiger partial charge in [-0.15, -0.1) is 0 Å². The van der Waals surface area contributed by atoms with E-state index in [9.17, 15) is 13.6 Å². The molecule has 0 radical (unpaired) electrons. The van der Waals surface area contributed by atoms with Crippen molar-refractivity contribution in [3.05, 3.63) is 81.2 Å². The zero-order chi connectivity index (χ0) is 20.7. The number of hydrogen-bond donors (Lipinski definition) is 0. The standard InChI is InChI=1S/C21H14ClF2N3O2/c1-11-8-12(22)9-15-18(11)26-19(27(2)21(15)28)14-4-3-7-25-20(14)29-13-5-6-16(23)17(24)10-13/h3-10H,1-2H3. The number of fused-ring (bicyclic) bond motifs is 1. The number of ether oxygens (including phenoxy) is 1. The van der Waals surface area contributed by atoms with Gasteiger partial charge < -0.3 is 4.74 Å². The minimum atomic E-state index is -1.04. The topological polar surface area (TPSA) is 57.0 Å². The molecule has 0 aliphatic carbocycles. The van der Waals surface area contributed by atoms with Crippen molar-refractivity contribution in [2.24, 2.45) is 7.05 Å². The van der Waals surface area contributed by atoms with E-state index in [1.54, 1.807) is 31.3 Å². The van der Waals surface area contributed by atoms with Gasteiger partial charge in [-0.3, -0.25) is 9.36 Å².